The van der Waals surface area contributed by atoms with Crippen LogP contribution < -0.4 is 4.74 Å². The lowest BCUT2D eigenvalue weighted by molar-refractivity contribution is 0.410. The van der Waals surface area contributed by atoms with Crippen LogP contribution in [0.4, 0.5) is 0 Å². The molecule has 1 heteroatoms. The van der Waals surface area contributed by atoms with Gasteiger partial charge in [-0.15, -0.1) is 0 Å². The van der Waals surface area contributed by atoms with E-state index in [-0.39, 0.29) is 0 Å². The zero-order valence-corrected chi connectivity index (χ0v) is 8.42. The summed E-state index contributed by atoms with van der Waals surface area (Å²) in [6.45, 7) is 7.90. The summed E-state index contributed by atoms with van der Waals surface area (Å²) in [6, 6.07) is 6.07. The summed E-state index contributed by atoms with van der Waals surface area (Å²) < 4.78 is 5.34. The summed E-state index contributed by atoms with van der Waals surface area (Å²) in [5.74, 6) is 2.16. The van der Waals surface area contributed by atoms with Crippen molar-refractivity contribution in [2.24, 2.45) is 0 Å². The van der Waals surface area contributed by atoms with Crippen LogP contribution in [0.15, 0.2) is 24.8 Å². The molecule has 1 aromatic rings. The van der Waals surface area contributed by atoms with Crippen molar-refractivity contribution in [1.82, 2.24) is 0 Å². The zero-order valence-electron chi connectivity index (χ0n) is 8.42. The van der Waals surface area contributed by atoms with Crippen molar-refractivity contribution in [2.75, 3.05) is 7.11 Å². The van der Waals surface area contributed by atoms with E-state index in [1.165, 1.54) is 5.92 Å². The zero-order chi connectivity index (χ0) is 9.84. The van der Waals surface area contributed by atoms with Gasteiger partial charge in [-0.1, -0.05) is 44.7 Å². The van der Waals surface area contributed by atoms with E-state index in [9.17, 15) is 0 Å². The van der Waals surface area contributed by atoms with Gasteiger partial charge in [-0.3, -0.25) is 0 Å². The molecule has 0 aromatic heterocycles. The fourth-order valence-electron chi connectivity index (χ4n) is 1.34. The van der Waals surface area contributed by atoms with E-state index in [0.717, 1.165) is 16.9 Å². The van der Waals surface area contributed by atoms with Gasteiger partial charge in [0, 0.05) is 17.0 Å². The van der Waals surface area contributed by atoms with Crippen molar-refractivity contribution in [2.45, 2.75) is 13.8 Å². The molecule has 0 heterocycles. The molecule has 13 heavy (non-hydrogen) atoms. The molecular weight excluding hydrogens is 160 g/mol. The van der Waals surface area contributed by atoms with Gasteiger partial charge in [0.05, 0.1) is 7.11 Å². The molecule has 0 saturated heterocycles. The largest absolute Gasteiger partial charge is 0.496 e. The number of benzene rings is 1. The molecular formula is C12H15O. The Bertz CT molecular complexity index is 300. The molecule has 0 bridgehead atoms. The summed E-state index contributed by atoms with van der Waals surface area (Å²) in [5, 5.41) is 0. The molecule has 0 unspecified atom stereocenters. The highest BCUT2D eigenvalue weighted by molar-refractivity contribution is 5.60. The predicted octanol–water partition coefficient (Wildman–Crippen LogP) is 3.30. The third-order valence-electron chi connectivity index (χ3n) is 2.01. The summed E-state index contributed by atoms with van der Waals surface area (Å²) in [5.41, 5.74) is 2.20. The minimum atomic E-state index is 0.914. The highest BCUT2D eigenvalue weighted by Crippen LogP contribution is 2.29. The van der Waals surface area contributed by atoms with Gasteiger partial charge in [0.15, 0.2) is 0 Å². The van der Waals surface area contributed by atoms with Crippen LogP contribution in [-0.2, 0) is 0 Å². The topological polar surface area (TPSA) is 9.23 Å². The first kappa shape index (κ1) is 9.85. The summed E-state index contributed by atoms with van der Waals surface area (Å²) >= 11 is 0. The molecule has 0 spiro atoms. The average Bonchev–Trinajstić information content (AvgIpc) is 2.16. The Kier molecular flexibility index (Phi) is 3.13. The van der Waals surface area contributed by atoms with Crippen LogP contribution >= 0.6 is 0 Å². The molecule has 0 saturated carbocycles. The van der Waals surface area contributed by atoms with Crippen LogP contribution in [0.2, 0.25) is 0 Å². The maximum atomic E-state index is 5.34. The predicted molar refractivity (Wildman–Crippen MR) is 56.8 cm³/mol. The second-order valence-corrected chi connectivity index (χ2v) is 3.13. The third kappa shape index (κ3) is 1.92. The lowest BCUT2D eigenvalue weighted by atomic mass is 9.99. The monoisotopic (exact) mass is 175 g/mol. The van der Waals surface area contributed by atoms with Crippen molar-refractivity contribution >= 4 is 6.08 Å². The van der Waals surface area contributed by atoms with Gasteiger partial charge >= 0.3 is 0 Å². The maximum absolute atomic E-state index is 5.34. The Hall–Kier alpha value is -1.24. The normalized spacial score (nSPS) is 10.2. The SMILES string of the molecule is C=Cc1cccc([C](C)C)c1OC. The first-order chi connectivity index (χ1) is 6.20. The van der Waals surface area contributed by atoms with Gasteiger partial charge < -0.3 is 4.74 Å². The molecule has 0 N–H and O–H groups in total. The van der Waals surface area contributed by atoms with E-state index in [0.29, 0.717) is 0 Å². The van der Waals surface area contributed by atoms with Crippen LogP contribution in [0.25, 0.3) is 6.08 Å². The van der Waals surface area contributed by atoms with Gasteiger partial charge in [-0.2, -0.15) is 0 Å². The molecule has 1 radical (unpaired) electrons. The Morgan fingerprint density at radius 3 is 2.54 bits per heavy atom. The van der Waals surface area contributed by atoms with E-state index in [1.54, 1.807) is 7.11 Å². The molecule has 0 aliphatic carbocycles. The van der Waals surface area contributed by atoms with Gasteiger partial charge in [0.25, 0.3) is 0 Å². The van der Waals surface area contributed by atoms with Gasteiger partial charge in [-0.05, 0) is 0 Å². The van der Waals surface area contributed by atoms with Crippen molar-refractivity contribution in [1.29, 1.82) is 0 Å². The van der Waals surface area contributed by atoms with E-state index in [2.05, 4.69) is 26.5 Å². The lowest BCUT2D eigenvalue weighted by Gasteiger charge is -2.13. The van der Waals surface area contributed by atoms with Gasteiger partial charge in [-0.25, -0.2) is 0 Å². The molecule has 1 nitrogen and oxygen atoms in total. The van der Waals surface area contributed by atoms with Crippen LogP contribution in [0.1, 0.15) is 25.0 Å². The fourth-order valence-corrected chi connectivity index (χ4v) is 1.34. The van der Waals surface area contributed by atoms with E-state index in [1.807, 2.05) is 18.2 Å². The molecule has 0 aliphatic rings. The molecule has 0 atom stereocenters. The summed E-state index contributed by atoms with van der Waals surface area (Å²) in [6.07, 6.45) is 1.81. The van der Waals surface area contributed by atoms with Crippen LogP contribution in [0.3, 0.4) is 0 Å². The Morgan fingerprint density at radius 2 is 2.08 bits per heavy atom. The Labute approximate surface area is 80.0 Å². The molecule has 1 rings (SSSR count). The second-order valence-electron chi connectivity index (χ2n) is 3.13. The Morgan fingerprint density at radius 1 is 1.38 bits per heavy atom. The molecule has 0 amide bonds. The fraction of sp³-hybridized carbons (Fsp3) is 0.250. The molecule has 1 aromatic carbocycles. The molecule has 69 valence electrons. The maximum Gasteiger partial charge on any atom is 0.129 e. The second kappa shape index (κ2) is 4.13. The molecule has 0 aliphatic heterocycles. The van der Waals surface area contributed by atoms with Crippen molar-refractivity contribution in [3.8, 4) is 5.75 Å². The highest BCUT2D eigenvalue weighted by atomic mass is 16.5. The quantitative estimate of drug-likeness (QED) is 0.685. The van der Waals surface area contributed by atoms with E-state index < -0.39 is 0 Å². The smallest absolute Gasteiger partial charge is 0.129 e. The third-order valence-corrected chi connectivity index (χ3v) is 2.01. The lowest BCUT2D eigenvalue weighted by Crippen LogP contribution is -1.96. The standard InChI is InChI=1S/C12H15O/c1-5-10-7-6-8-11(9(2)3)12(10)13-4/h5-8H,1H2,2-4H3. The highest BCUT2D eigenvalue weighted by Gasteiger charge is 2.09. The minimum Gasteiger partial charge on any atom is -0.496 e. The van der Waals surface area contributed by atoms with Crippen molar-refractivity contribution < 1.29 is 4.74 Å². The number of rotatable bonds is 3. The van der Waals surface area contributed by atoms with Crippen molar-refractivity contribution in [3.63, 3.8) is 0 Å². The number of hydrogen-bond acceptors (Lipinski definition) is 1. The van der Waals surface area contributed by atoms with Crippen LogP contribution in [0.5, 0.6) is 5.75 Å². The number of methoxy groups -OCH3 is 1. The number of para-hydroxylation sites is 1. The first-order valence-corrected chi connectivity index (χ1v) is 4.30. The average molecular weight is 175 g/mol. The minimum absolute atomic E-state index is 0.914. The van der Waals surface area contributed by atoms with Crippen LogP contribution in [-0.4, -0.2) is 7.11 Å². The number of hydrogen-bond donors (Lipinski definition) is 0. The van der Waals surface area contributed by atoms with Crippen molar-refractivity contribution in [3.05, 3.63) is 41.8 Å². The number of ether oxygens (including phenoxy) is 1. The van der Waals surface area contributed by atoms with Crippen LogP contribution in [0, 0.1) is 5.92 Å². The molecule has 0 fully saturated rings. The van der Waals surface area contributed by atoms with E-state index >= 15 is 0 Å². The summed E-state index contributed by atoms with van der Waals surface area (Å²) in [7, 11) is 1.69. The van der Waals surface area contributed by atoms with Gasteiger partial charge in [0.2, 0.25) is 0 Å². The van der Waals surface area contributed by atoms with Gasteiger partial charge in [0.1, 0.15) is 5.75 Å². The van der Waals surface area contributed by atoms with E-state index in [4.69, 9.17) is 4.74 Å². The summed E-state index contributed by atoms with van der Waals surface area (Å²) in [4.78, 5) is 0. The Balaban J connectivity index is 3.26. The first-order valence-electron chi connectivity index (χ1n) is 4.30.